The number of aryl methyl sites for hydroxylation is 1. The Morgan fingerprint density at radius 1 is 1.26 bits per heavy atom. The molecule has 23 heavy (non-hydrogen) atoms. The summed E-state index contributed by atoms with van der Waals surface area (Å²) in [6.45, 7) is 3.67. The first-order valence-corrected chi connectivity index (χ1v) is 6.94. The van der Waals surface area contributed by atoms with Crippen LogP contribution < -0.4 is 10.4 Å². The van der Waals surface area contributed by atoms with Gasteiger partial charge in [0.2, 0.25) is 0 Å². The molecule has 0 saturated carbocycles. The number of benzene rings is 1. The maximum atomic E-state index is 12.1. The summed E-state index contributed by atoms with van der Waals surface area (Å²) in [5.41, 5.74) is -0.718. The number of carbonyl (C=O) groups excluding carboxylic acids is 1. The lowest BCUT2D eigenvalue weighted by Crippen LogP contribution is -2.12. The van der Waals surface area contributed by atoms with Crippen molar-refractivity contribution in [1.29, 1.82) is 0 Å². The number of rotatable bonds is 5. The van der Waals surface area contributed by atoms with Crippen molar-refractivity contribution < 1.29 is 24.2 Å². The highest BCUT2D eigenvalue weighted by molar-refractivity contribution is 6.08. The van der Waals surface area contributed by atoms with E-state index in [0.717, 1.165) is 6.08 Å². The minimum atomic E-state index is -0.891. The second-order valence-electron chi connectivity index (χ2n) is 4.76. The Morgan fingerprint density at radius 2 is 2.00 bits per heavy atom. The zero-order valence-corrected chi connectivity index (χ0v) is 12.7. The summed E-state index contributed by atoms with van der Waals surface area (Å²) in [6, 6.07) is 5.78. The van der Waals surface area contributed by atoms with E-state index in [1.165, 1.54) is 25.1 Å². The van der Waals surface area contributed by atoms with Crippen LogP contribution in [0.25, 0.3) is 6.08 Å². The molecule has 0 atom stereocenters. The first-order valence-electron chi connectivity index (χ1n) is 6.94. The summed E-state index contributed by atoms with van der Waals surface area (Å²) in [5.74, 6) is -0.601. The Balaban J connectivity index is 2.29. The smallest absolute Gasteiger partial charge is 0.351 e. The number of phenols is 1. The second-order valence-corrected chi connectivity index (χ2v) is 4.76. The molecule has 6 nitrogen and oxygen atoms in total. The SMILES string of the molecule is CCOc1cc(/C=C/C(=O)c2c(O)cc(C)oc2=O)ccc1O. The Hall–Kier alpha value is -3.02. The molecule has 2 rings (SSSR count). The van der Waals surface area contributed by atoms with Gasteiger partial charge >= 0.3 is 5.63 Å². The van der Waals surface area contributed by atoms with E-state index in [0.29, 0.717) is 17.9 Å². The highest BCUT2D eigenvalue weighted by Crippen LogP contribution is 2.27. The molecule has 1 aromatic carbocycles. The number of aromatic hydroxyl groups is 2. The highest BCUT2D eigenvalue weighted by Gasteiger charge is 2.15. The van der Waals surface area contributed by atoms with Gasteiger partial charge in [-0.05, 0) is 37.6 Å². The molecule has 0 aliphatic rings. The molecule has 1 heterocycles. The molecular formula is C17H16O6. The van der Waals surface area contributed by atoms with Crippen LogP contribution in [0.15, 0.2) is 39.6 Å². The number of phenolic OH excluding ortho intramolecular Hbond substituents is 1. The van der Waals surface area contributed by atoms with Crippen molar-refractivity contribution in [2.24, 2.45) is 0 Å². The zero-order valence-electron chi connectivity index (χ0n) is 12.7. The van der Waals surface area contributed by atoms with Crippen LogP contribution >= 0.6 is 0 Å². The average molecular weight is 316 g/mol. The lowest BCUT2D eigenvalue weighted by atomic mass is 10.1. The fraction of sp³-hybridized carbons (Fsp3) is 0.176. The Labute approximate surface area is 132 Å². The van der Waals surface area contributed by atoms with Crippen LogP contribution in [0.3, 0.4) is 0 Å². The lowest BCUT2D eigenvalue weighted by molar-refractivity contribution is 0.104. The molecule has 0 aliphatic heterocycles. The molecule has 0 radical (unpaired) electrons. The van der Waals surface area contributed by atoms with Gasteiger partial charge in [0.15, 0.2) is 17.3 Å². The molecule has 0 spiro atoms. The minimum Gasteiger partial charge on any atom is -0.507 e. The molecular weight excluding hydrogens is 300 g/mol. The van der Waals surface area contributed by atoms with Crippen molar-refractivity contribution >= 4 is 11.9 Å². The quantitative estimate of drug-likeness (QED) is 0.650. The first-order chi connectivity index (χ1) is 10.9. The van der Waals surface area contributed by atoms with Crippen molar-refractivity contribution in [2.45, 2.75) is 13.8 Å². The van der Waals surface area contributed by atoms with Crippen LogP contribution in [0.1, 0.15) is 28.6 Å². The normalized spacial score (nSPS) is 10.9. The highest BCUT2D eigenvalue weighted by atomic mass is 16.5. The predicted molar refractivity (Wildman–Crippen MR) is 84.0 cm³/mol. The number of ether oxygens (including phenoxy) is 1. The zero-order chi connectivity index (χ0) is 17.0. The fourth-order valence-corrected chi connectivity index (χ4v) is 1.98. The van der Waals surface area contributed by atoms with Crippen LogP contribution in [0.2, 0.25) is 0 Å². The van der Waals surface area contributed by atoms with E-state index in [9.17, 15) is 19.8 Å². The molecule has 1 aromatic heterocycles. The number of ketones is 1. The van der Waals surface area contributed by atoms with Gasteiger partial charge in [-0.15, -0.1) is 0 Å². The maximum absolute atomic E-state index is 12.1. The van der Waals surface area contributed by atoms with Crippen molar-refractivity contribution in [3.05, 3.63) is 57.6 Å². The molecule has 2 aromatic rings. The van der Waals surface area contributed by atoms with Gasteiger partial charge in [0.1, 0.15) is 17.1 Å². The van der Waals surface area contributed by atoms with Gasteiger partial charge in [0.25, 0.3) is 0 Å². The summed E-state index contributed by atoms with van der Waals surface area (Å²) >= 11 is 0. The van der Waals surface area contributed by atoms with E-state index in [1.807, 2.05) is 0 Å². The molecule has 0 fully saturated rings. The molecule has 2 N–H and O–H groups in total. The van der Waals surface area contributed by atoms with E-state index < -0.39 is 22.7 Å². The number of hydrogen-bond acceptors (Lipinski definition) is 6. The average Bonchev–Trinajstić information content (AvgIpc) is 2.47. The third kappa shape index (κ3) is 3.79. The molecule has 120 valence electrons. The largest absolute Gasteiger partial charge is 0.507 e. The van der Waals surface area contributed by atoms with E-state index in [4.69, 9.17) is 9.15 Å². The summed E-state index contributed by atoms with van der Waals surface area (Å²) in [7, 11) is 0. The predicted octanol–water partition coefficient (Wildman–Crippen LogP) is 2.65. The molecule has 0 aliphatic carbocycles. The van der Waals surface area contributed by atoms with Crippen LogP contribution in [0.4, 0.5) is 0 Å². The fourth-order valence-electron chi connectivity index (χ4n) is 1.98. The van der Waals surface area contributed by atoms with Gasteiger partial charge < -0.3 is 19.4 Å². The van der Waals surface area contributed by atoms with E-state index >= 15 is 0 Å². The molecule has 0 bridgehead atoms. The summed E-state index contributed by atoms with van der Waals surface area (Å²) in [5, 5.41) is 19.3. The minimum absolute atomic E-state index is 0.00727. The Bertz CT molecular complexity index is 816. The molecule has 0 amide bonds. The van der Waals surface area contributed by atoms with Crippen molar-refractivity contribution in [2.75, 3.05) is 6.61 Å². The monoisotopic (exact) mass is 316 g/mol. The van der Waals surface area contributed by atoms with Crippen LogP contribution in [-0.4, -0.2) is 22.6 Å². The number of allylic oxidation sites excluding steroid dienone is 1. The summed E-state index contributed by atoms with van der Waals surface area (Å²) in [6.07, 6.45) is 2.59. The third-order valence-electron chi connectivity index (χ3n) is 3.01. The van der Waals surface area contributed by atoms with Gasteiger partial charge in [-0.2, -0.15) is 0 Å². The maximum Gasteiger partial charge on any atom is 0.351 e. The lowest BCUT2D eigenvalue weighted by Gasteiger charge is -2.06. The summed E-state index contributed by atoms with van der Waals surface area (Å²) in [4.78, 5) is 23.7. The van der Waals surface area contributed by atoms with Crippen LogP contribution in [-0.2, 0) is 0 Å². The van der Waals surface area contributed by atoms with Gasteiger partial charge in [0.05, 0.1) is 6.61 Å². The molecule has 0 unspecified atom stereocenters. The number of carbonyl (C=O) groups is 1. The van der Waals surface area contributed by atoms with Gasteiger partial charge in [-0.1, -0.05) is 12.1 Å². The standard InChI is InChI=1S/C17H16O6/c1-3-22-15-9-11(4-6-12(15)18)5-7-13(19)16-14(20)8-10(2)23-17(16)21/h4-9,18,20H,3H2,1-2H3/b7-5+. The van der Waals surface area contributed by atoms with E-state index in [2.05, 4.69) is 0 Å². The van der Waals surface area contributed by atoms with Gasteiger partial charge in [-0.3, -0.25) is 4.79 Å². The Kier molecular flexibility index (Phi) is 4.85. The summed E-state index contributed by atoms with van der Waals surface area (Å²) < 4.78 is 10.1. The van der Waals surface area contributed by atoms with Gasteiger partial charge in [-0.25, -0.2) is 4.79 Å². The van der Waals surface area contributed by atoms with Crippen LogP contribution in [0, 0.1) is 6.92 Å². The van der Waals surface area contributed by atoms with E-state index in [-0.39, 0.29) is 11.5 Å². The van der Waals surface area contributed by atoms with Gasteiger partial charge in [0, 0.05) is 6.07 Å². The topological polar surface area (TPSA) is 97.0 Å². The van der Waals surface area contributed by atoms with Crippen molar-refractivity contribution in [1.82, 2.24) is 0 Å². The number of hydrogen-bond donors (Lipinski definition) is 2. The van der Waals surface area contributed by atoms with Crippen molar-refractivity contribution in [3.8, 4) is 17.2 Å². The van der Waals surface area contributed by atoms with Crippen LogP contribution in [0.5, 0.6) is 17.2 Å². The van der Waals surface area contributed by atoms with E-state index in [1.54, 1.807) is 19.1 Å². The second kappa shape index (κ2) is 6.83. The van der Waals surface area contributed by atoms with Crippen molar-refractivity contribution in [3.63, 3.8) is 0 Å². The Morgan fingerprint density at radius 3 is 2.65 bits per heavy atom. The molecule has 0 saturated heterocycles. The third-order valence-corrected chi connectivity index (χ3v) is 3.01. The molecule has 6 heteroatoms. The first kappa shape index (κ1) is 16.4.